The summed E-state index contributed by atoms with van der Waals surface area (Å²) in [5, 5.41) is 0. The predicted molar refractivity (Wildman–Crippen MR) is 53.8 cm³/mol. The highest BCUT2D eigenvalue weighted by Crippen LogP contribution is 2.40. The van der Waals surface area contributed by atoms with Crippen molar-refractivity contribution in [3.05, 3.63) is 0 Å². The van der Waals surface area contributed by atoms with E-state index >= 15 is 0 Å². The first kappa shape index (κ1) is 13.1. The minimum absolute atomic E-state index is 0.190. The molecular formula is C8H20NO3P. The Morgan fingerprint density at radius 3 is 2.46 bits per heavy atom. The number of hydrogen-bond acceptors (Lipinski definition) is 3. The molecule has 0 aliphatic carbocycles. The number of unbranched alkanes of at least 4 members (excludes halogenated alkanes) is 3. The molecule has 0 saturated carbocycles. The monoisotopic (exact) mass is 209 g/mol. The van der Waals surface area contributed by atoms with Crippen molar-refractivity contribution in [2.45, 2.75) is 32.6 Å². The van der Waals surface area contributed by atoms with E-state index in [2.05, 4.69) is 0 Å². The molecule has 0 saturated heterocycles. The molecule has 0 aromatic heterocycles. The Hall–Kier alpha value is 0.110. The molecule has 1 unspecified atom stereocenters. The van der Waals surface area contributed by atoms with Crippen LogP contribution in [0.15, 0.2) is 0 Å². The Bertz CT molecular complexity index is 163. The maximum atomic E-state index is 11.0. The van der Waals surface area contributed by atoms with Gasteiger partial charge in [-0.3, -0.25) is 4.57 Å². The first-order chi connectivity index (χ1) is 6.12. The van der Waals surface area contributed by atoms with Crippen LogP contribution >= 0.6 is 7.60 Å². The van der Waals surface area contributed by atoms with Crippen molar-refractivity contribution in [3.63, 3.8) is 0 Å². The Kier molecular flexibility index (Phi) is 7.57. The minimum Gasteiger partial charge on any atom is -0.330 e. The summed E-state index contributed by atoms with van der Waals surface area (Å²) in [7, 11) is -3.25. The van der Waals surface area contributed by atoms with Crippen LogP contribution in [0.1, 0.15) is 32.6 Å². The first-order valence-electron chi connectivity index (χ1n) is 4.79. The lowest BCUT2D eigenvalue weighted by molar-refractivity contribution is 0.254. The standard InChI is InChI=1S/C8H20NO3P/c1-2-13(10,11)12-8-6-4-3-5-7-9/h2-9H2,1H3,(H,10,11). The Morgan fingerprint density at radius 1 is 1.31 bits per heavy atom. The van der Waals surface area contributed by atoms with Gasteiger partial charge in [0.1, 0.15) is 0 Å². The van der Waals surface area contributed by atoms with E-state index in [-0.39, 0.29) is 6.16 Å². The molecule has 0 spiro atoms. The summed E-state index contributed by atoms with van der Waals surface area (Å²) in [6.45, 7) is 2.75. The third-order valence-corrected chi connectivity index (χ3v) is 3.18. The first-order valence-corrected chi connectivity index (χ1v) is 6.55. The largest absolute Gasteiger partial charge is 0.330 e. The van der Waals surface area contributed by atoms with Gasteiger partial charge in [-0.1, -0.05) is 19.8 Å². The van der Waals surface area contributed by atoms with Crippen LogP contribution in [0.4, 0.5) is 0 Å². The van der Waals surface area contributed by atoms with Gasteiger partial charge in [-0.2, -0.15) is 0 Å². The van der Waals surface area contributed by atoms with E-state index in [1.165, 1.54) is 0 Å². The summed E-state index contributed by atoms with van der Waals surface area (Å²) in [6.07, 6.45) is 4.13. The number of hydrogen-bond donors (Lipinski definition) is 2. The average molecular weight is 209 g/mol. The second-order valence-corrected chi connectivity index (χ2v) is 5.16. The maximum absolute atomic E-state index is 11.0. The second kappa shape index (κ2) is 7.51. The topological polar surface area (TPSA) is 72.5 Å². The Balaban J connectivity index is 3.21. The summed E-state index contributed by atoms with van der Waals surface area (Å²) >= 11 is 0. The molecule has 0 aliphatic rings. The van der Waals surface area contributed by atoms with Gasteiger partial charge in [0.2, 0.25) is 0 Å². The summed E-state index contributed by atoms with van der Waals surface area (Å²) in [6, 6.07) is 0. The molecule has 5 heteroatoms. The van der Waals surface area contributed by atoms with Gasteiger partial charge in [-0.05, 0) is 19.4 Å². The van der Waals surface area contributed by atoms with Crippen molar-refractivity contribution in [2.75, 3.05) is 19.3 Å². The molecule has 13 heavy (non-hydrogen) atoms. The van der Waals surface area contributed by atoms with E-state index < -0.39 is 7.60 Å². The lowest BCUT2D eigenvalue weighted by Crippen LogP contribution is -1.99. The van der Waals surface area contributed by atoms with Crippen LogP contribution in [0.5, 0.6) is 0 Å². The third-order valence-electron chi connectivity index (χ3n) is 1.79. The van der Waals surface area contributed by atoms with Crippen molar-refractivity contribution in [1.82, 2.24) is 0 Å². The Labute approximate surface area is 80.0 Å². The van der Waals surface area contributed by atoms with Crippen LogP contribution in [0.25, 0.3) is 0 Å². The summed E-state index contributed by atoms with van der Waals surface area (Å²) in [4.78, 5) is 9.04. The molecule has 0 aromatic rings. The fourth-order valence-corrected chi connectivity index (χ4v) is 1.50. The number of nitrogens with two attached hydrogens (primary N) is 1. The van der Waals surface area contributed by atoms with Crippen LogP contribution in [0.3, 0.4) is 0 Å². The van der Waals surface area contributed by atoms with Crippen LogP contribution in [0, 0.1) is 0 Å². The second-order valence-electron chi connectivity index (χ2n) is 2.99. The van der Waals surface area contributed by atoms with Gasteiger partial charge in [-0.15, -0.1) is 0 Å². The molecule has 0 rings (SSSR count). The zero-order chi connectivity index (χ0) is 10.2. The molecule has 0 amide bonds. The molecule has 0 aromatic carbocycles. The zero-order valence-corrected chi connectivity index (χ0v) is 9.13. The molecule has 0 aliphatic heterocycles. The molecule has 0 heterocycles. The average Bonchev–Trinajstić information content (AvgIpc) is 2.11. The highest BCUT2D eigenvalue weighted by Gasteiger charge is 2.14. The molecular weight excluding hydrogens is 189 g/mol. The van der Waals surface area contributed by atoms with E-state index in [9.17, 15) is 4.57 Å². The molecule has 0 fully saturated rings. The summed E-state index contributed by atoms with van der Waals surface area (Å²) < 4.78 is 15.8. The molecule has 4 nitrogen and oxygen atoms in total. The molecule has 1 atom stereocenters. The quantitative estimate of drug-likeness (QED) is 0.471. The van der Waals surface area contributed by atoms with Crippen molar-refractivity contribution in [1.29, 1.82) is 0 Å². The lowest BCUT2D eigenvalue weighted by Gasteiger charge is -2.08. The fourth-order valence-electron chi connectivity index (χ4n) is 0.898. The van der Waals surface area contributed by atoms with Gasteiger partial charge in [-0.25, -0.2) is 0 Å². The molecule has 0 bridgehead atoms. The van der Waals surface area contributed by atoms with Gasteiger partial charge in [0.15, 0.2) is 0 Å². The van der Waals surface area contributed by atoms with E-state index in [4.69, 9.17) is 15.2 Å². The predicted octanol–water partition coefficient (Wildman–Crippen LogP) is 1.73. The van der Waals surface area contributed by atoms with E-state index in [1.807, 2.05) is 0 Å². The van der Waals surface area contributed by atoms with E-state index in [0.29, 0.717) is 13.2 Å². The highest BCUT2D eigenvalue weighted by atomic mass is 31.2. The van der Waals surface area contributed by atoms with Crippen LogP contribution in [0.2, 0.25) is 0 Å². The van der Waals surface area contributed by atoms with E-state index in [0.717, 1.165) is 25.7 Å². The van der Waals surface area contributed by atoms with Gasteiger partial charge in [0, 0.05) is 6.16 Å². The van der Waals surface area contributed by atoms with E-state index in [1.54, 1.807) is 6.92 Å². The van der Waals surface area contributed by atoms with Crippen molar-refractivity contribution in [3.8, 4) is 0 Å². The van der Waals surface area contributed by atoms with Crippen molar-refractivity contribution < 1.29 is 14.0 Å². The number of rotatable bonds is 8. The van der Waals surface area contributed by atoms with Gasteiger partial charge >= 0.3 is 7.60 Å². The van der Waals surface area contributed by atoms with Crippen molar-refractivity contribution in [2.24, 2.45) is 5.73 Å². The summed E-state index contributed by atoms with van der Waals surface area (Å²) in [5.41, 5.74) is 5.32. The molecule has 3 N–H and O–H groups in total. The van der Waals surface area contributed by atoms with Crippen molar-refractivity contribution >= 4 is 7.60 Å². The van der Waals surface area contributed by atoms with Crippen LogP contribution in [-0.4, -0.2) is 24.2 Å². The Morgan fingerprint density at radius 2 is 1.92 bits per heavy atom. The molecule has 80 valence electrons. The van der Waals surface area contributed by atoms with Gasteiger partial charge in [0.05, 0.1) is 6.61 Å². The zero-order valence-electron chi connectivity index (χ0n) is 8.24. The maximum Gasteiger partial charge on any atom is 0.327 e. The van der Waals surface area contributed by atoms with Crippen LogP contribution < -0.4 is 5.73 Å². The van der Waals surface area contributed by atoms with Crippen LogP contribution in [-0.2, 0) is 9.09 Å². The smallest absolute Gasteiger partial charge is 0.327 e. The third kappa shape index (κ3) is 8.44. The molecule has 0 radical (unpaired) electrons. The minimum atomic E-state index is -3.25. The summed E-state index contributed by atoms with van der Waals surface area (Å²) in [5.74, 6) is 0. The SMILES string of the molecule is CCP(=O)(O)OCCCCCCN. The van der Waals surface area contributed by atoms with Gasteiger partial charge in [0.25, 0.3) is 0 Å². The lowest BCUT2D eigenvalue weighted by atomic mass is 10.2. The highest BCUT2D eigenvalue weighted by molar-refractivity contribution is 7.52. The fraction of sp³-hybridized carbons (Fsp3) is 1.00. The van der Waals surface area contributed by atoms with Gasteiger partial charge < -0.3 is 15.2 Å². The normalized spacial score (nSPS) is 15.6.